The molecule has 2 unspecified atom stereocenters. The molecule has 4 amide bonds. The molecule has 3 aromatic rings. The number of unbranched alkanes of at least 4 members (excludes halogenated alkanes) is 2. The van der Waals surface area contributed by atoms with Gasteiger partial charge in [0.15, 0.2) is 0 Å². The van der Waals surface area contributed by atoms with Crippen LogP contribution in [0.25, 0.3) is 0 Å². The number of ether oxygens (including phenoxy) is 2. The van der Waals surface area contributed by atoms with Gasteiger partial charge in [0.1, 0.15) is 5.75 Å². The first-order chi connectivity index (χ1) is 30.4. The van der Waals surface area contributed by atoms with E-state index in [1.54, 1.807) is 24.0 Å². The number of benzene rings is 3. The van der Waals surface area contributed by atoms with Gasteiger partial charge in [-0.3, -0.25) is 5.32 Å². The van der Waals surface area contributed by atoms with Crippen molar-refractivity contribution in [2.24, 2.45) is 0 Å². The molecular weight excluding hydrogens is 1020 g/mol. The Balaban J connectivity index is 0.000000972. The Morgan fingerprint density at radius 1 is 0.612 bits per heavy atom. The Hall–Kier alpha value is -2.82. The van der Waals surface area contributed by atoms with Gasteiger partial charge in [-0.15, -0.1) is 0 Å². The molecule has 0 bridgehead atoms. The van der Waals surface area contributed by atoms with Crippen LogP contribution in [0, 0.1) is 0 Å². The van der Waals surface area contributed by atoms with Crippen LogP contribution in [-0.4, -0.2) is 151 Å². The van der Waals surface area contributed by atoms with Crippen molar-refractivity contribution in [1.82, 2.24) is 19.2 Å². The first-order valence-corrected chi connectivity index (χ1v) is 25.3. The Kier molecular flexibility index (Phi) is 32.3. The van der Waals surface area contributed by atoms with Crippen LogP contribution in [0.5, 0.6) is 5.75 Å². The predicted molar refractivity (Wildman–Crippen MR) is 273 cm³/mol. The molecule has 2 aliphatic heterocycles. The van der Waals surface area contributed by atoms with E-state index in [4.69, 9.17) is 9.47 Å². The molecule has 372 valence electrons. The van der Waals surface area contributed by atoms with Gasteiger partial charge < -0.3 is 35.5 Å². The number of aryl methyl sites for hydroxylation is 2. The molecule has 67 heavy (non-hydrogen) atoms. The van der Waals surface area contributed by atoms with Crippen LogP contribution >= 0.6 is 0 Å². The summed E-state index contributed by atoms with van der Waals surface area (Å²) in [6.07, 6.45) is 9.47. The van der Waals surface area contributed by atoms with Crippen LogP contribution in [0.15, 0.2) is 78.9 Å². The number of anilines is 2. The molecule has 5 rings (SSSR count). The van der Waals surface area contributed by atoms with Gasteiger partial charge in [0.2, 0.25) is 0 Å². The smallest absolute Gasteiger partial charge is 0.870 e. The van der Waals surface area contributed by atoms with Crippen molar-refractivity contribution in [3.8, 4) is 5.75 Å². The van der Waals surface area contributed by atoms with Gasteiger partial charge in [-0.25, -0.2) is 32.2 Å². The third-order valence-corrected chi connectivity index (χ3v) is 13.8. The number of urea groups is 1. The molecule has 6 N–H and O–H groups in total. The number of nitrogens with one attached hydrogen (secondary N) is 4. The van der Waals surface area contributed by atoms with Crippen molar-refractivity contribution < 1.29 is 43.2 Å². The summed E-state index contributed by atoms with van der Waals surface area (Å²) < 4.78 is 40.1. The average Bonchev–Trinajstić information content (AvgIpc) is 3.26. The molecule has 2 atom stereocenters. The summed E-state index contributed by atoms with van der Waals surface area (Å²) in [6, 6.07) is 25.4. The van der Waals surface area contributed by atoms with Crippen LogP contribution < -0.4 is 24.8 Å². The Morgan fingerprint density at radius 3 is 1.40 bits per heavy atom. The Bertz CT molecular complexity index is 1880. The summed E-state index contributed by atoms with van der Waals surface area (Å²) in [5, 5.41) is 5.69. The van der Waals surface area contributed by atoms with Crippen molar-refractivity contribution in [3.63, 3.8) is 0 Å². The predicted octanol–water partition coefficient (Wildman–Crippen LogP) is 9.64. The topological polar surface area (TPSA) is 218 Å². The van der Waals surface area contributed by atoms with E-state index in [1.807, 2.05) is 101 Å². The minimum absolute atomic E-state index is 0. The van der Waals surface area contributed by atoms with Gasteiger partial charge in [0.05, 0.1) is 38.1 Å². The quantitative estimate of drug-likeness (QED) is 0.113. The maximum absolute atomic E-state index is 12.4. The summed E-state index contributed by atoms with van der Waals surface area (Å²) in [5.74, 6) is 0.532. The van der Waals surface area contributed by atoms with Gasteiger partial charge in [0, 0.05) is 49.6 Å². The zero-order valence-corrected chi connectivity index (χ0v) is 47.5. The second-order valence-electron chi connectivity index (χ2n) is 18.1. The summed E-state index contributed by atoms with van der Waals surface area (Å²) in [5.41, 5.74) is 4.17. The van der Waals surface area contributed by atoms with Crippen molar-refractivity contribution in [3.05, 3.63) is 90.0 Å². The van der Waals surface area contributed by atoms with Crippen molar-refractivity contribution in [2.45, 2.75) is 148 Å². The van der Waals surface area contributed by atoms with E-state index in [1.165, 1.54) is 36.8 Å². The molecular formula is C49H78BaN6O9S2. The number of hydrogen-bond acceptors (Lipinski definition) is 9. The van der Waals surface area contributed by atoms with E-state index < -0.39 is 28.1 Å². The molecule has 2 heterocycles. The molecule has 0 aromatic heterocycles. The van der Waals surface area contributed by atoms with E-state index in [-0.39, 0.29) is 93.5 Å². The van der Waals surface area contributed by atoms with E-state index in [9.17, 15) is 22.8 Å². The molecule has 0 aliphatic carbocycles. The third-order valence-electron chi connectivity index (χ3n) is 10.5. The molecule has 2 fully saturated rings. The van der Waals surface area contributed by atoms with E-state index >= 15 is 0 Å². The Labute approximate surface area is 446 Å². The number of piperidine rings is 2. The fraction of sp³-hybridized carbons (Fsp3) is 0.571. The SMILES string of the molecule is CCCCc1ccc(NC(=O)N2CCC(NS(=O)C(C)(C)C)CC2)cc1.CCCCc1ccc(NC(=O)Oc2ccccc2)cc1.CCOC(=O)N1CCC(NS(=O)C(C)(C)C)CC1.[Ba+2].[OH-].[OH-]. The number of hydrogen-bond donors (Lipinski definition) is 4. The standard InChI is InChI=1S/C20H33N3O2S.C17H19NO2.C12H24N2O3S.Ba.2H2O/c1-5-6-7-16-8-10-17(11-9-16)21-19(24)23-14-12-18(13-15-23)22-26(25)20(2,3)4;1-2-3-7-14-10-12-15(13-11-14)18-17(19)20-16-8-5-4-6-9-16;1-5-17-11(15)14-8-6-10(7-9-14)13-18(16)12(2,3)4;;;/h8-11,18,22H,5-7,12-15H2,1-4H3,(H,21,24);4-6,8-13H,2-3,7H2,1H3,(H,18,19);10,13H,5-9H2,1-4H3;;2*1H2/q;;;+2;;/p-2. The second-order valence-corrected chi connectivity index (χ2v) is 22.1. The molecule has 3 aromatic carbocycles. The number of amides is 4. The largest absolute Gasteiger partial charge is 2.00 e. The molecule has 0 saturated carbocycles. The van der Waals surface area contributed by atoms with E-state index in [0.717, 1.165) is 49.9 Å². The molecule has 18 heteroatoms. The van der Waals surface area contributed by atoms with Gasteiger partial charge in [-0.1, -0.05) is 69.2 Å². The minimum Gasteiger partial charge on any atom is -0.870 e. The van der Waals surface area contributed by atoms with Crippen LogP contribution in [0.4, 0.5) is 25.8 Å². The van der Waals surface area contributed by atoms with Crippen molar-refractivity contribution in [1.29, 1.82) is 0 Å². The molecule has 0 radical (unpaired) electrons. The molecule has 2 saturated heterocycles. The van der Waals surface area contributed by atoms with Crippen LogP contribution in [0.1, 0.15) is 125 Å². The number of likely N-dealkylation sites (tertiary alicyclic amines) is 2. The van der Waals surface area contributed by atoms with E-state index in [2.05, 4.69) is 46.1 Å². The van der Waals surface area contributed by atoms with Crippen molar-refractivity contribution >= 4 is 100 Å². The van der Waals surface area contributed by atoms with Crippen LogP contribution in [0.3, 0.4) is 0 Å². The van der Waals surface area contributed by atoms with Gasteiger partial charge in [-0.2, -0.15) is 0 Å². The molecule has 0 spiro atoms. The van der Waals surface area contributed by atoms with Gasteiger partial charge >= 0.3 is 67.1 Å². The summed E-state index contributed by atoms with van der Waals surface area (Å²) in [7, 11) is -2.11. The second kappa shape index (κ2) is 33.7. The van der Waals surface area contributed by atoms with E-state index in [0.29, 0.717) is 38.5 Å². The van der Waals surface area contributed by atoms with Crippen LogP contribution in [-0.2, 0) is 39.5 Å². The summed E-state index contributed by atoms with van der Waals surface area (Å²) >= 11 is 0. The normalized spacial score (nSPS) is 14.9. The fourth-order valence-corrected chi connectivity index (χ4v) is 8.25. The number of nitrogens with zero attached hydrogens (tertiary/aromatic N) is 2. The van der Waals surface area contributed by atoms with Crippen LogP contribution in [0.2, 0.25) is 0 Å². The zero-order chi connectivity index (χ0) is 47.1. The minimum atomic E-state index is -1.06. The monoisotopic (exact) mass is 1100 g/mol. The van der Waals surface area contributed by atoms with Gasteiger partial charge in [0.25, 0.3) is 0 Å². The zero-order valence-electron chi connectivity index (χ0n) is 41.4. The summed E-state index contributed by atoms with van der Waals surface area (Å²) in [4.78, 5) is 39.2. The maximum Gasteiger partial charge on any atom is 2.00 e. The number of carbonyl (C=O) groups excluding carboxylic acids is 3. The first-order valence-electron chi connectivity index (χ1n) is 23.0. The maximum atomic E-state index is 12.4. The number of para-hydroxylation sites is 1. The third kappa shape index (κ3) is 25.6. The molecule has 15 nitrogen and oxygen atoms in total. The number of carbonyl (C=O) groups is 3. The van der Waals surface area contributed by atoms with Crippen molar-refractivity contribution in [2.75, 3.05) is 43.4 Å². The van der Waals surface area contributed by atoms with Gasteiger partial charge in [-0.05, 0) is 147 Å². The first kappa shape index (κ1) is 64.2. The molecule has 2 aliphatic rings. The number of rotatable bonds is 14. The Morgan fingerprint density at radius 2 is 1.01 bits per heavy atom. The fourth-order valence-electron chi connectivity index (χ4n) is 6.46. The summed E-state index contributed by atoms with van der Waals surface area (Å²) in [6.45, 7) is 21.0. The average molecular weight is 1100 g/mol.